The Labute approximate surface area is 77.1 Å². The van der Waals surface area contributed by atoms with Gasteiger partial charge < -0.3 is 5.11 Å². The largest absolute Gasteiger partial charge is 0.481 e. The third-order valence-electron chi connectivity index (χ3n) is 0.881. The van der Waals surface area contributed by atoms with Gasteiger partial charge in [0.05, 0.1) is 6.42 Å². The maximum atomic E-state index is 10.6. The fourth-order valence-corrected chi connectivity index (χ4v) is 0.479. The molecule has 76 valence electrons. The van der Waals surface area contributed by atoms with Gasteiger partial charge in [0, 0.05) is 13.3 Å². The lowest BCUT2D eigenvalue weighted by Crippen LogP contribution is -2.28. The number of nitrogens with one attached hydrogen (secondary N) is 1. The summed E-state index contributed by atoms with van der Waals surface area (Å²) in [6.07, 6.45) is -0.409. The molecule has 2 N–H and O–H groups in total. The molecule has 0 saturated carbocycles. The van der Waals surface area contributed by atoms with Crippen LogP contribution in [0.5, 0.6) is 0 Å². The Morgan fingerprint density at radius 2 is 1.62 bits per heavy atom. The van der Waals surface area contributed by atoms with Gasteiger partial charge in [0.1, 0.15) is 0 Å². The van der Waals surface area contributed by atoms with Crippen LogP contribution >= 0.6 is 0 Å². The van der Waals surface area contributed by atoms with Crippen molar-refractivity contribution in [2.24, 2.45) is 0 Å². The van der Waals surface area contributed by atoms with Gasteiger partial charge in [-0.1, -0.05) is 13.8 Å². The van der Waals surface area contributed by atoms with Crippen molar-refractivity contribution >= 4 is 17.8 Å². The average Bonchev–Trinajstić information content (AvgIpc) is 2.03. The summed E-state index contributed by atoms with van der Waals surface area (Å²) >= 11 is 0. The van der Waals surface area contributed by atoms with Gasteiger partial charge in [-0.05, 0) is 0 Å². The molecule has 0 aromatic rings. The summed E-state index contributed by atoms with van der Waals surface area (Å²) in [7, 11) is 0. The SMILES string of the molecule is CC.CC(=O)NC(=O)CCC(=O)O. The van der Waals surface area contributed by atoms with E-state index in [2.05, 4.69) is 0 Å². The molecule has 0 rings (SSSR count). The number of carboxylic acids is 1. The predicted octanol–water partition coefficient (Wildman–Crippen LogP) is 0.540. The Morgan fingerprint density at radius 3 is 1.92 bits per heavy atom. The minimum absolute atomic E-state index is 0.158. The van der Waals surface area contributed by atoms with Crippen molar-refractivity contribution in [2.75, 3.05) is 0 Å². The van der Waals surface area contributed by atoms with Crippen LogP contribution in [0.15, 0.2) is 0 Å². The number of imide groups is 1. The van der Waals surface area contributed by atoms with Gasteiger partial charge in [-0.15, -0.1) is 0 Å². The van der Waals surface area contributed by atoms with E-state index in [0.29, 0.717) is 0 Å². The molecule has 5 heteroatoms. The molecule has 2 amide bonds. The van der Waals surface area contributed by atoms with Crippen LogP contribution in [-0.4, -0.2) is 22.9 Å². The second-order valence-electron chi connectivity index (χ2n) is 2.00. The molecule has 0 atom stereocenters. The van der Waals surface area contributed by atoms with E-state index < -0.39 is 17.8 Å². The Balaban J connectivity index is 0. The minimum atomic E-state index is -1.05. The van der Waals surface area contributed by atoms with Gasteiger partial charge in [0.2, 0.25) is 11.8 Å². The summed E-state index contributed by atoms with van der Waals surface area (Å²) < 4.78 is 0. The van der Waals surface area contributed by atoms with Crippen LogP contribution in [-0.2, 0) is 14.4 Å². The number of rotatable bonds is 3. The predicted molar refractivity (Wildman–Crippen MR) is 47.0 cm³/mol. The average molecular weight is 189 g/mol. The third kappa shape index (κ3) is 13.6. The summed E-state index contributed by atoms with van der Waals surface area (Å²) in [5.74, 6) is -2.08. The number of carboxylic acid groups (broad SMARTS) is 1. The normalized spacial score (nSPS) is 7.92. The highest BCUT2D eigenvalue weighted by atomic mass is 16.4. The van der Waals surface area contributed by atoms with Crippen LogP contribution in [0.3, 0.4) is 0 Å². The second kappa shape index (κ2) is 8.70. The third-order valence-corrected chi connectivity index (χ3v) is 0.881. The zero-order valence-corrected chi connectivity index (χ0v) is 8.09. The number of carbonyl (C=O) groups is 3. The van der Waals surface area contributed by atoms with E-state index in [4.69, 9.17) is 5.11 Å². The first-order chi connectivity index (χ1) is 6.02. The highest BCUT2D eigenvalue weighted by Gasteiger charge is 2.05. The van der Waals surface area contributed by atoms with Crippen LogP contribution < -0.4 is 5.32 Å². The highest BCUT2D eigenvalue weighted by Crippen LogP contribution is 1.87. The molecular formula is C8H15NO4. The van der Waals surface area contributed by atoms with Crippen molar-refractivity contribution in [3.63, 3.8) is 0 Å². The summed E-state index contributed by atoms with van der Waals surface area (Å²) in [5, 5.41) is 10.1. The van der Waals surface area contributed by atoms with E-state index in [1.165, 1.54) is 6.92 Å². The van der Waals surface area contributed by atoms with Crippen molar-refractivity contribution in [3.8, 4) is 0 Å². The summed E-state index contributed by atoms with van der Waals surface area (Å²) in [6.45, 7) is 5.19. The van der Waals surface area contributed by atoms with Crippen molar-refractivity contribution in [3.05, 3.63) is 0 Å². The Morgan fingerprint density at radius 1 is 1.15 bits per heavy atom. The van der Waals surface area contributed by atoms with Crippen molar-refractivity contribution in [1.82, 2.24) is 5.32 Å². The Kier molecular flexibility index (Phi) is 9.48. The monoisotopic (exact) mass is 189 g/mol. The molecular weight excluding hydrogens is 174 g/mol. The van der Waals surface area contributed by atoms with E-state index in [-0.39, 0.29) is 12.8 Å². The first kappa shape index (κ1) is 14.2. The highest BCUT2D eigenvalue weighted by molar-refractivity contribution is 5.94. The molecule has 0 heterocycles. The Bertz CT molecular complexity index is 189. The molecule has 13 heavy (non-hydrogen) atoms. The fraction of sp³-hybridized carbons (Fsp3) is 0.625. The fourth-order valence-electron chi connectivity index (χ4n) is 0.479. The van der Waals surface area contributed by atoms with Crippen molar-refractivity contribution < 1.29 is 19.5 Å². The lowest BCUT2D eigenvalue weighted by molar-refractivity contribution is -0.139. The second-order valence-corrected chi connectivity index (χ2v) is 2.00. The topological polar surface area (TPSA) is 83.5 Å². The molecule has 0 fully saturated rings. The maximum Gasteiger partial charge on any atom is 0.303 e. The maximum absolute atomic E-state index is 10.6. The van der Waals surface area contributed by atoms with Crippen LogP contribution in [0.25, 0.3) is 0 Å². The van der Waals surface area contributed by atoms with E-state index in [0.717, 1.165) is 0 Å². The van der Waals surface area contributed by atoms with Crippen LogP contribution in [0.2, 0.25) is 0 Å². The number of carbonyl (C=O) groups excluding carboxylic acids is 2. The molecule has 0 aliphatic carbocycles. The van der Waals surface area contributed by atoms with Gasteiger partial charge in [-0.25, -0.2) is 0 Å². The zero-order valence-electron chi connectivity index (χ0n) is 8.09. The van der Waals surface area contributed by atoms with Crippen molar-refractivity contribution in [2.45, 2.75) is 33.6 Å². The summed E-state index contributed by atoms with van der Waals surface area (Å²) in [5.41, 5.74) is 0. The van der Waals surface area contributed by atoms with E-state index in [1.807, 2.05) is 19.2 Å². The van der Waals surface area contributed by atoms with E-state index >= 15 is 0 Å². The van der Waals surface area contributed by atoms with Gasteiger partial charge in [-0.2, -0.15) is 0 Å². The first-order valence-corrected chi connectivity index (χ1v) is 4.04. The number of aliphatic carboxylic acids is 1. The molecule has 0 bridgehead atoms. The van der Waals surface area contributed by atoms with Gasteiger partial charge in [0.25, 0.3) is 0 Å². The molecule has 0 aromatic carbocycles. The molecule has 0 aromatic heterocycles. The Hall–Kier alpha value is -1.39. The smallest absolute Gasteiger partial charge is 0.303 e. The number of amides is 2. The van der Waals surface area contributed by atoms with Gasteiger partial charge >= 0.3 is 5.97 Å². The molecule has 0 unspecified atom stereocenters. The van der Waals surface area contributed by atoms with Crippen LogP contribution in [0, 0.1) is 0 Å². The molecule has 0 spiro atoms. The zero-order chi connectivity index (χ0) is 10.9. The molecule has 0 aliphatic rings. The van der Waals surface area contributed by atoms with E-state index in [1.54, 1.807) is 0 Å². The number of hydrogen-bond donors (Lipinski definition) is 2. The van der Waals surface area contributed by atoms with Crippen molar-refractivity contribution in [1.29, 1.82) is 0 Å². The van der Waals surface area contributed by atoms with E-state index in [9.17, 15) is 14.4 Å². The lowest BCUT2D eigenvalue weighted by Gasteiger charge is -1.96. The summed E-state index contributed by atoms with van der Waals surface area (Å²) in [6, 6.07) is 0. The minimum Gasteiger partial charge on any atom is -0.481 e. The first-order valence-electron chi connectivity index (χ1n) is 4.04. The molecule has 0 saturated heterocycles. The number of hydrogen-bond acceptors (Lipinski definition) is 3. The lowest BCUT2D eigenvalue weighted by atomic mass is 10.3. The summed E-state index contributed by atoms with van der Waals surface area (Å²) in [4.78, 5) is 30.7. The molecule has 0 aliphatic heterocycles. The van der Waals surface area contributed by atoms with Gasteiger partial charge in [-0.3, -0.25) is 19.7 Å². The standard InChI is InChI=1S/C6H9NO4.C2H6/c1-4(8)7-5(9)2-3-6(10)11;1-2/h2-3H2,1H3,(H,10,11)(H,7,8,9);1-2H3. The quantitative estimate of drug-likeness (QED) is 0.678. The van der Waals surface area contributed by atoms with Crippen LogP contribution in [0.1, 0.15) is 33.6 Å². The molecule has 0 radical (unpaired) electrons. The molecule has 5 nitrogen and oxygen atoms in total. The van der Waals surface area contributed by atoms with Crippen LogP contribution in [0.4, 0.5) is 0 Å². The van der Waals surface area contributed by atoms with Gasteiger partial charge in [0.15, 0.2) is 0 Å².